The van der Waals surface area contributed by atoms with Gasteiger partial charge >= 0.3 is 5.97 Å². The van der Waals surface area contributed by atoms with E-state index in [1.54, 1.807) is 20.3 Å². The van der Waals surface area contributed by atoms with Crippen molar-refractivity contribution < 1.29 is 14.3 Å². The molecule has 0 aliphatic carbocycles. The van der Waals surface area contributed by atoms with Crippen LogP contribution in [0.3, 0.4) is 0 Å². The molecule has 6 nitrogen and oxygen atoms in total. The standard InChI is InChI=1S/C16H23N3O3/c1-4-22-16(21)12-6-9-19(10-7-12)13-5-8-17-14(11-13)15(20)18(2)3/h5,8,11-12H,4,6-7,9-10H2,1-3H3. The van der Waals surface area contributed by atoms with Crippen molar-refractivity contribution in [1.29, 1.82) is 0 Å². The number of piperidine rings is 1. The maximum absolute atomic E-state index is 12.0. The number of rotatable bonds is 4. The van der Waals surface area contributed by atoms with Crippen molar-refractivity contribution in [1.82, 2.24) is 9.88 Å². The molecule has 1 aliphatic heterocycles. The minimum atomic E-state index is -0.108. The lowest BCUT2D eigenvalue weighted by atomic mass is 9.96. The second kappa shape index (κ2) is 7.24. The lowest BCUT2D eigenvalue weighted by molar-refractivity contribution is -0.148. The topological polar surface area (TPSA) is 62.7 Å². The Morgan fingerprint density at radius 2 is 2.05 bits per heavy atom. The quantitative estimate of drug-likeness (QED) is 0.790. The molecule has 2 heterocycles. The Morgan fingerprint density at radius 3 is 2.64 bits per heavy atom. The Hall–Kier alpha value is -2.11. The number of ether oxygens (including phenoxy) is 1. The molecule has 0 N–H and O–H groups in total. The van der Waals surface area contributed by atoms with E-state index >= 15 is 0 Å². The molecule has 1 aromatic heterocycles. The Balaban J connectivity index is 2.01. The molecule has 1 aromatic rings. The molecule has 0 bridgehead atoms. The number of carbonyl (C=O) groups excluding carboxylic acids is 2. The van der Waals surface area contributed by atoms with Crippen LogP contribution < -0.4 is 4.90 Å². The van der Waals surface area contributed by atoms with Gasteiger partial charge in [-0.1, -0.05) is 0 Å². The Labute approximate surface area is 131 Å². The van der Waals surface area contributed by atoms with E-state index in [4.69, 9.17) is 4.74 Å². The average molecular weight is 305 g/mol. The smallest absolute Gasteiger partial charge is 0.309 e. The molecule has 1 amide bonds. The number of carbonyl (C=O) groups is 2. The summed E-state index contributed by atoms with van der Waals surface area (Å²) in [5, 5.41) is 0. The van der Waals surface area contributed by atoms with E-state index < -0.39 is 0 Å². The van der Waals surface area contributed by atoms with E-state index in [1.165, 1.54) is 4.90 Å². The highest BCUT2D eigenvalue weighted by atomic mass is 16.5. The molecular weight excluding hydrogens is 282 g/mol. The van der Waals surface area contributed by atoms with E-state index in [-0.39, 0.29) is 17.8 Å². The van der Waals surface area contributed by atoms with Crippen molar-refractivity contribution in [3.8, 4) is 0 Å². The van der Waals surface area contributed by atoms with Crippen LogP contribution in [-0.4, -0.2) is 55.6 Å². The van der Waals surface area contributed by atoms with Crippen LogP contribution in [0.5, 0.6) is 0 Å². The van der Waals surface area contributed by atoms with Gasteiger partial charge in [-0.25, -0.2) is 0 Å². The summed E-state index contributed by atoms with van der Waals surface area (Å²) in [6.45, 7) is 3.82. The first-order valence-corrected chi connectivity index (χ1v) is 7.62. The Morgan fingerprint density at radius 1 is 1.36 bits per heavy atom. The number of amides is 1. The Kier molecular flexibility index (Phi) is 5.35. The van der Waals surface area contributed by atoms with Gasteiger partial charge in [-0.15, -0.1) is 0 Å². The first-order chi connectivity index (χ1) is 10.5. The molecule has 22 heavy (non-hydrogen) atoms. The number of esters is 1. The van der Waals surface area contributed by atoms with Gasteiger partial charge in [0.25, 0.3) is 5.91 Å². The van der Waals surface area contributed by atoms with Gasteiger partial charge in [0.1, 0.15) is 5.69 Å². The number of anilines is 1. The number of pyridine rings is 1. The highest BCUT2D eigenvalue weighted by molar-refractivity contribution is 5.92. The molecular formula is C16H23N3O3. The van der Waals surface area contributed by atoms with Crippen molar-refractivity contribution in [3.63, 3.8) is 0 Å². The molecule has 120 valence electrons. The lowest BCUT2D eigenvalue weighted by Gasteiger charge is -2.32. The van der Waals surface area contributed by atoms with Gasteiger partial charge in [0.15, 0.2) is 0 Å². The number of hydrogen-bond donors (Lipinski definition) is 0. The summed E-state index contributed by atoms with van der Waals surface area (Å²) in [6, 6.07) is 3.71. The molecule has 6 heteroatoms. The van der Waals surface area contributed by atoms with Crippen molar-refractivity contribution in [3.05, 3.63) is 24.0 Å². The van der Waals surface area contributed by atoms with Crippen LogP contribution in [0.4, 0.5) is 5.69 Å². The van der Waals surface area contributed by atoms with Crippen LogP contribution in [0.2, 0.25) is 0 Å². The summed E-state index contributed by atoms with van der Waals surface area (Å²) in [7, 11) is 3.42. The molecule has 0 saturated carbocycles. The van der Waals surface area contributed by atoms with Gasteiger partial charge < -0.3 is 14.5 Å². The number of aromatic nitrogens is 1. The zero-order valence-electron chi connectivity index (χ0n) is 13.4. The first kappa shape index (κ1) is 16.3. The second-order valence-corrected chi connectivity index (χ2v) is 5.61. The Bertz CT molecular complexity index is 537. The monoisotopic (exact) mass is 305 g/mol. The fourth-order valence-corrected chi connectivity index (χ4v) is 2.60. The van der Waals surface area contributed by atoms with Crippen LogP contribution >= 0.6 is 0 Å². The third-order valence-electron chi connectivity index (χ3n) is 3.85. The summed E-state index contributed by atoms with van der Waals surface area (Å²) in [4.78, 5) is 31.6. The van der Waals surface area contributed by atoms with Gasteiger partial charge in [0.05, 0.1) is 12.5 Å². The van der Waals surface area contributed by atoms with Crippen LogP contribution in [0, 0.1) is 5.92 Å². The van der Waals surface area contributed by atoms with E-state index in [0.717, 1.165) is 31.6 Å². The maximum Gasteiger partial charge on any atom is 0.309 e. The van der Waals surface area contributed by atoms with Crippen LogP contribution in [0.15, 0.2) is 18.3 Å². The largest absolute Gasteiger partial charge is 0.466 e. The summed E-state index contributed by atoms with van der Waals surface area (Å²) in [5.41, 5.74) is 1.41. The summed E-state index contributed by atoms with van der Waals surface area (Å²) < 4.78 is 5.08. The third kappa shape index (κ3) is 3.75. The van der Waals surface area contributed by atoms with E-state index in [9.17, 15) is 9.59 Å². The molecule has 1 saturated heterocycles. The average Bonchev–Trinajstić information content (AvgIpc) is 2.54. The molecule has 0 aromatic carbocycles. The zero-order valence-corrected chi connectivity index (χ0v) is 13.4. The SMILES string of the molecule is CCOC(=O)C1CCN(c2ccnc(C(=O)N(C)C)c2)CC1. The minimum Gasteiger partial charge on any atom is -0.466 e. The molecule has 0 spiro atoms. The summed E-state index contributed by atoms with van der Waals surface area (Å²) >= 11 is 0. The van der Waals surface area contributed by atoms with Crippen LogP contribution in [0.25, 0.3) is 0 Å². The molecule has 1 aliphatic rings. The van der Waals surface area contributed by atoms with Crippen LogP contribution in [0.1, 0.15) is 30.3 Å². The fourth-order valence-electron chi connectivity index (χ4n) is 2.60. The predicted octanol–water partition coefficient (Wildman–Crippen LogP) is 1.56. The molecule has 0 radical (unpaired) electrons. The first-order valence-electron chi connectivity index (χ1n) is 7.62. The lowest BCUT2D eigenvalue weighted by Crippen LogP contribution is -2.37. The normalized spacial score (nSPS) is 15.5. The molecule has 0 atom stereocenters. The highest BCUT2D eigenvalue weighted by Crippen LogP contribution is 2.24. The fraction of sp³-hybridized carbons (Fsp3) is 0.562. The van der Waals surface area contributed by atoms with Gasteiger partial charge in [-0.05, 0) is 31.9 Å². The maximum atomic E-state index is 12.0. The number of hydrogen-bond acceptors (Lipinski definition) is 5. The van der Waals surface area contributed by atoms with Gasteiger partial charge in [0, 0.05) is 39.1 Å². The minimum absolute atomic E-state index is 0.0130. The second-order valence-electron chi connectivity index (χ2n) is 5.61. The zero-order chi connectivity index (χ0) is 16.1. The van der Waals surface area contributed by atoms with Crippen molar-refractivity contribution >= 4 is 17.6 Å². The predicted molar refractivity (Wildman–Crippen MR) is 83.8 cm³/mol. The van der Waals surface area contributed by atoms with Gasteiger partial charge in [0.2, 0.25) is 0 Å². The van der Waals surface area contributed by atoms with Gasteiger partial charge in [-0.2, -0.15) is 0 Å². The molecule has 2 rings (SSSR count). The summed E-state index contributed by atoms with van der Waals surface area (Å²) in [5.74, 6) is -0.218. The molecule has 1 fully saturated rings. The van der Waals surface area contributed by atoms with Crippen LogP contribution in [-0.2, 0) is 9.53 Å². The van der Waals surface area contributed by atoms with Crippen molar-refractivity contribution in [2.45, 2.75) is 19.8 Å². The number of nitrogens with zero attached hydrogens (tertiary/aromatic N) is 3. The van der Waals surface area contributed by atoms with Gasteiger partial charge in [-0.3, -0.25) is 14.6 Å². The van der Waals surface area contributed by atoms with E-state index in [0.29, 0.717) is 12.3 Å². The van der Waals surface area contributed by atoms with Crippen molar-refractivity contribution in [2.75, 3.05) is 38.7 Å². The van der Waals surface area contributed by atoms with Crippen molar-refractivity contribution in [2.24, 2.45) is 5.92 Å². The van der Waals surface area contributed by atoms with E-state index in [1.807, 2.05) is 19.1 Å². The summed E-state index contributed by atoms with van der Waals surface area (Å²) in [6.07, 6.45) is 3.21. The van der Waals surface area contributed by atoms with E-state index in [2.05, 4.69) is 9.88 Å². The third-order valence-corrected chi connectivity index (χ3v) is 3.85. The highest BCUT2D eigenvalue weighted by Gasteiger charge is 2.26. The molecule has 0 unspecified atom stereocenters.